The van der Waals surface area contributed by atoms with Crippen LogP contribution in [-0.4, -0.2) is 54.9 Å². The number of Topliss-reactive ketones (excluding diaryl/α,β-unsaturated/α-hetero) is 1. The molecule has 0 aromatic rings. The summed E-state index contributed by atoms with van der Waals surface area (Å²) >= 11 is 0. The maximum atomic E-state index is 13.7. The summed E-state index contributed by atoms with van der Waals surface area (Å²) in [6.07, 6.45) is 7.32. The molecular weight excluding hydrogens is 370 g/mol. The maximum absolute atomic E-state index is 13.7. The third-order valence-corrected chi connectivity index (χ3v) is 9.31. The normalized spacial score (nSPS) is 46.1. The zero-order valence-corrected chi connectivity index (χ0v) is 17.6. The van der Waals surface area contributed by atoms with Crippen LogP contribution in [0.1, 0.15) is 58.3 Å². The van der Waals surface area contributed by atoms with E-state index < -0.39 is 11.5 Å². The molecule has 6 heteroatoms. The summed E-state index contributed by atoms with van der Waals surface area (Å²) in [5.41, 5.74) is -0.491. The van der Waals surface area contributed by atoms with Crippen LogP contribution in [0, 0.1) is 40.4 Å². The quantitative estimate of drug-likeness (QED) is 0.420. The molecule has 5 fully saturated rings. The van der Waals surface area contributed by atoms with Gasteiger partial charge in [0.1, 0.15) is 5.78 Å². The third kappa shape index (κ3) is 3.35. The van der Waals surface area contributed by atoms with Crippen molar-refractivity contribution in [1.29, 1.82) is 0 Å². The van der Waals surface area contributed by atoms with E-state index in [-0.39, 0.29) is 23.7 Å². The molecule has 6 nitrogen and oxygen atoms in total. The van der Waals surface area contributed by atoms with Gasteiger partial charge in [0.05, 0.1) is 24.7 Å². The lowest BCUT2D eigenvalue weighted by Crippen LogP contribution is -2.67. The van der Waals surface area contributed by atoms with Crippen LogP contribution >= 0.6 is 0 Å². The monoisotopic (exact) mass is 407 g/mol. The Kier molecular flexibility index (Phi) is 6.07. The number of hydrogen-bond acceptors (Lipinski definition) is 6. The molecule has 8 atom stereocenters. The van der Waals surface area contributed by atoms with Crippen LogP contribution in [0.3, 0.4) is 0 Å². The summed E-state index contributed by atoms with van der Waals surface area (Å²) in [5.74, 6) is 1.86. The molecule has 3 N–H and O–H groups in total. The molecule has 1 spiro atoms. The Bertz CT molecular complexity index is 626. The van der Waals surface area contributed by atoms with Crippen LogP contribution in [0.15, 0.2) is 0 Å². The van der Waals surface area contributed by atoms with Crippen LogP contribution in [0.25, 0.3) is 0 Å². The van der Waals surface area contributed by atoms with Crippen LogP contribution in [0.5, 0.6) is 0 Å². The highest BCUT2D eigenvalue weighted by Crippen LogP contribution is 2.66. The average Bonchev–Trinajstić information content (AvgIpc) is 2.71. The molecule has 0 aliphatic heterocycles. The minimum absolute atomic E-state index is 0.0197. The fourth-order valence-corrected chi connectivity index (χ4v) is 7.91. The first kappa shape index (κ1) is 21.3. The lowest BCUT2D eigenvalue weighted by Gasteiger charge is -2.65. The lowest BCUT2D eigenvalue weighted by molar-refractivity contribution is -0.204. The van der Waals surface area contributed by atoms with Gasteiger partial charge in [-0.05, 0) is 74.0 Å². The number of carbonyl (C=O) groups is 2. The fraction of sp³-hybridized carbons (Fsp3) is 0.913. The molecule has 164 valence electrons. The molecular formula is C23H37NO5. The smallest absolute Gasteiger partial charge is 0.293 e. The van der Waals surface area contributed by atoms with E-state index in [2.05, 4.69) is 12.2 Å². The van der Waals surface area contributed by atoms with Crippen LogP contribution in [0.2, 0.25) is 0 Å². The standard InChI is InChI=1S/C23H37NO5/c1-22(7-10-29-14-26)5-2-3-16-18(22)12-20(27)23-6-4-15(11-19(16)23)17(21(23)28)13-24-8-9-25/h14-20,24-25,27H,2-13H2,1H3. The molecule has 5 saturated carbocycles. The Morgan fingerprint density at radius 1 is 1.24 bits per heavy atom. The third-order valence-electron chi connectivity index (χ3n) is 9.31. The first-order chi connectivity index (χ1) is 14.0. The SMILES string of the molecule is CC1(CCOC=O)CCCC2C1CC(O)C13CCC(CC21)C(CNCCO)C3=O. The molecule has 0 radical (unpaired) electrons. The largest absolute Gasteiger partial charge is 0.468 e. The van der Waals surface area contributed by atoms with Crippen LogP contribution < -0.4 is 5.32 Å². The predicted molar refractivity (Wildman–Crippen MR) is 108 cm³/mol. The number of aliphatic hydroxyl groups is 2. The molecule has 0 heterocycles. The topological polar surface area (TPSA) is 95.9 Å². The van der Waals surface area contributed by atoms with E-state index in [1.54, 1.807) is 0 Å². The number of fused-ring (bicyclic) bond motifs is 3. The van der Waals surface area contributed by atoms with Crippen molar-refractivity contribution < 1.29 is 24.5 Å². The molecule has 0 aromatic heterocycles. The van der Waals surface area contributed by atoms with Crippen molar-refractivity contribution in [3.8, 4) is 0 Å². The number of nitrogens with one attached hydrogen (secondary N) is 1. The van der Waals surface area contributed by atoms with E-state index in [4.69, 9.17) is 9.84 Å². The molecule has 5 rings (SSSR count). The van der Waals surface area contributed by atoms with Crippen LogP contribution in [0.4, 0.5) is 0 Å². The lowest BCUT2D eigenvalue weighted by atomic mass is 9.39. The summed E-state index contributed by atoms with van der Waals surface area (Å²) in [5, 5.41) is 23.7. The second kappa shape index (κ2) is 8.27. The summed E-state index contributed by atoms with van der Waals surface area (Å²) in [6.45, 7) is 4.49. The highest BCUT2D eigenvalue weighted by molar-refractivity contribution is 5.90. The minimum atomic E-state index is -0.563. The first-order valence-corrected chi connectivity index (χ1v) is 11.6. The molecule has 5 aliphatic rings. The summed E-state index contributed by atoms with van der Waals surface area (Å²) in [6, 6.07) is 0. The van der Waals surface area contributed by atoms with Crippen molar-refractivity contribution in [2.75, 3.05) is 26.3 Å². The highest BCUT2D eigenvalue weighted by atomic mass is 16.5. The van der Waals surface area contributed by atoms with E-state index >= 15 is 0 Å². The molecule has 0 saturated heterocycles. The Hall–Kier alpha value is -0.980. The second-order valence-corrected chi connectivity index (χ2v) is 10.4. The minimum Gasteiger partial charge on any atom is -0.468 e. The number of aliphatic hydroxyl groups excluding tert-OH is 2. The van der Waals surface area contributed by atoms with E-state index in [1.165, 1.54) is 0 Å². The van der Waals surface area contributed by atoms with Crippen LogP contribution in [-0.2, 0) is 14.3 Å². The van der Waals surface area contributed by atoms with Gasteiger partial charge in [0.25, 0.3) is 6.47 Å². The number of hydrogen-bond donors (Lipinski definition) is 3. The Balaban J connectivity index is 1.57. The van der Waals surface area contributed by atoms with Crippen molar-refractivity contribution in [3.05, 3.63) is 0 Å². The predicted octanol–water partition coefficient (Wildman–Crippen LogP) is 1.92. The van der Waals surface area contributed by atoms with E-state index in [0.29, 0.717) is 56.3 Å². The van der Waals surface area contributed by atoms with Crippen molar-refractivity contribution in [2.24, 2.45) is 40.4 Å². The molecule has 5 aliphatic carbocycles. The zero-order valence-electron chi connectivity index (χ0n) is 17.6. The summed E-state index contributed by atoms with van der Waals surface area (Å²) < 4.78 is 5.02. The van der Waals surface area contributed by atoms with Crippen molar-refractivity contribution in [1.82, 2.24) is 5.32 Å². The van der Waals surface area contributed by atoms with E-state index in [9.17, 15) is 14.7 Å². The first-order valence-electron chi connectivity index (χ1n) is 11.6. The molecule has 8 unspecified atom stereocenters. The molecule has 0 amide bonds. The molecule has 29 heavy (non-hydrogen) atoms. The summed E-state index contributed by atoms with van der Waals surface area (Å²) in [7, 11) is 0. The van der Waals surface area contributed by atoms with Crippen molar-refractivity contribution in [3.63, 3.8) is 0 Å². The van der Waals surface area contributed by atoms with Crippen molar-refractivity contribution in [2.45, 2.75) is 64.4 Å². The van der Waals surface area contributed by atoms with Gasteiger partial charge in [0.15, 0.2) is 0 Å². The van der Waals surface area contributed by atoms with Gasteiger partial charge in [-0.1, -0.05) is 13.3 Å². The molecule has 2 bridgehead atoms. The van der Waals surface area contributed by atoms with Gasteiger partial charge >= 0.3 is 0 Å². The van der Waals surface area contributed by atoms with Gasteiger partial charge in [0, 0.05) is 19.0 Å². The van der Waals surface area contributed by atoms with Gasteiger partial charge in [-0.2, -0.15) is 0 Å². The van der Waals surface area contributed by atoms with E-state index in [0.717, 1.165) is 44.9 Å². The highest BCUT2D eigenvalue weighted by Gasteiger charge is 2.67. The Morgan fingerprint density at radius 2 is 2.07 bits per heavy atom. The fourth-order valence-electron chi connectivity index (χ4n) is 7.91. The summed E-state index contributed by atoms with van der Waals surface area (Å²) in [4.78, 5) is 24.3. The Labute approximate surface area is 173 Å². The van der Waals surface area contributed by atoms with Gasteiger partial charge in [0.2, 0.25) is 0 Å². The van der Waals surface area contributed by atoms with Crippen molar-refractivity contribution >= 4 is 12.3 Å². The maximum Gasteiger partial charge on any atom is 0.293 e. The number of ether oxygens (including phenoxy) is 1. The average molecular weight is 408 g/mol. The van der Waals surface area contributed by atoms with Gasteiger partial charge in [-0.3, -0.25) is 9.59 Å². The van der Waals surface area contributed by atoms with Gasteiger partial charge < -0.3 is 20.3 Å². The number of ketones is 1. The Morgan fingerprint density at radius 3 is 2.83 bits per heavy atom. The van der Waals surface area contributed by atoms with Gasteiger partial charge in [-0.15, -0.1) is 0 Å². The van der Waals surface area contributed by atoms with Gasteiger partial charge in [-0.25, -0.2) is 0 Å². The zero-order chi connectivity index (χ0) is 20.6. The number of rotatable bonds is 8. The van der Waals surface area contributed by atoms with E-state index in [1.807, 2.05) is 0 Å². The molecule has 0 aromatic carbocycles. The number of carbonyl (C=O) groups excluding carboxylic acids is 2. The second-order valence-electron chi connectivity index (χ2n) is 10.4.